The molecule has 4 aromatic carbocycles. The summed E-state index contributed by atoms with van der Waals surface area (Å²) in [5.41, 5.74) is 3.32. The zero-order valence-corrected chi connectivity index (χ0v) is 26.3. The van der Waals surface area contributed by atoms with Crippen molar-refractivity contribution in [2.45, 2.75) is 37.3 Å². The van der Waals surface area contributed by atoms with Gasteiger partial charge in [0.15, 0.2) is 0 Å². The van der Waals surface area contributed by atoms with Gasteiger partial charge in [0.2, 0.25) is 5.91 Å². The summed E-state index contributed by atoms with van der Waals surface area (Å²) in [7, 11) is 0. The predicted octanol–water partition coefficient (Wildman–Crippen LogP) is 7.97. The van der Waals surface area contributed by atoms with Gasteiger partial charge < -0.3 is 20.7 Å². The summed E-state index contributed by atoms with van der Waals surface area (Å²) >= 11 is 7.52. The van der Waals surface area contributed by atoms with Gasteiger partial charge >= 0.3 is 0 Å². The van der Waals surface area contributed by atoms with Crippen molar-refractivity contribution in [3.8, 4) is 5.75 Å². The lowest BCUT2D eigenvalue weighted by Crippen LogP contribution is -2.30. The minimum atomic E-state index is -0.494. The normalized spacial score (nSPS) is 11.8. The fraction of sp³-hybridized carbons (Fsp3) is 0.171. The Kier molecular flexibility index (Phi) is 11.6. The van der Waals surface area contributed by atoms with E-state index in [9.17, 15) is 14.4 Å². The molecule has 0 aliphatic rings. The lowest BCUT2D eigenvalue weighted by molar-refractivity contribution is -0.116. The van der Waals surface area contributed by atoms with Crippen molar-refractivity contribution in [2.24, 2.45) is 0 Å². The van der Waals surface area contributed by atoms with Crippen LogP contribution in [0.1, 0.15) is 41.8 Å². The van der Waals surface area contributed by atoms with Gasteiger partial charge in [0.1, 0.15) is 11.4 Å². The Bertz CT molecular complexity index is 1640. The standard InChI is InChI=1S/C35H34ClN3O4S/c1-4-32(35(42)38-30-21-26(36)17-14-23(30)3)44-29-13-9-12-27(22-29)37-34(41)31(39-33(40)25-10-7-6-8-11-25)20-24-15-18-28(19-16-24)43-5-2/h6-22,32H,4-5H2,1-3H3,(H,37,41)(H,38,42)(H,39,40)/b31-20+. The van der Waals surface area contributed by atoms with E-state index in [4.69, 9.17) is 16.3 Å². The number of benzene rings is 4. The number of rotatable bonds is 12. The molecule has 0 aliphatic carbocycles. The van der Waals surface area contributed by atoms with E-state index in [-0.39, 0.29) is 16.9 Å². The fourth-order valence-electron chi connectivity index (χ4n) is 4.21. The Hall–Kier alpha value is -4.53. The first-order valence-electron chi connectivity index (χ1n) is 14.2. The molecule has 0 radical (unpaired) electrons. The van der Waals surface area contributed by atoms with E-state index in [0.29, 0.717) is 46.3 Å². The van der Waals surface area contributed by atoms with E-state index in [2.05, 4.69) is 16.0 Å². The number of ether oxygens (including phenoxy) is 1. The summed E-state index contributed by atoms with van der Waals surface area (Å²) in [6, 6.07) is 28.5. The summed E-state index contributed by atoms with van der Waals surface area (Å²) in [6.45, 7) is 6.30. The number of hydrogen-bond donors (Lipinski definition) is 3. The van der Waals surface area contributed by atoms with Crippen LogP contribution in [0, 0.1) is 6.92 Å². The van der Waals surface area contributed by atoms with Crippen LogP contribution in [0.25, 0.3) is 6.08 Å². The summed E-state index contributed by atoms with van der Waals surface area (Å²) in [4.78, 5) is 40.4. The number of anilines is 2. The van der Waals surface area contributed by atoms with Crippen LogP contribution in [0.4, 0.5) is 11.4 Å². The summed E-state index contributed by atoms with van der Waals surface area (Å²) in [6.07, 6.45) is 2.20. The third-order valence-electron chi connectivity index (χ3n) is 6.52. The highest BCUT2D eigenvalue weighted by molar-refractivity contribution is 8.00. The number of hydrogen-bond acceptors (Lipinski definition) is 5. The average Bonchev–Trinajstić information content (AvgIpc) is 3.02. The molecular weight excluding hydrogens is 594 g/mol. The SMILES string of the molecule is CCOc1ccc(/C=C(/NC(=O)c2ccccc2)C(=O)Nc2cccc(SC(CC)C(=O)Nc3cc(Cl)ccc3C)c2)cc1. The number of carbonyl (C=O) groups excluding carboxylic acids is 3. The second-order valence-corrected chi connectivity index (χ2v) is 11.5. The van der Waals surface area contributed by atoms with Gasteiger partial charge in [0.05, 0.1) is 11.9 Å². The molecule has 0 saturated carbocycles. The number of thioether (sulfide) groups is 1. The second-order valence-electron chi connectivity index (χ2n) is 9.83. The number of halogens is 1. The first-order chi connectivity index (χ1) is 21.2. The molecule has 3 amide bonds. The molecule has 0 aliphatic heterocycles. The Morgan fingerprint density at radius 1 is 0.886 bits per heavy atom. The van der Waals surface area contributed by atoms with Crippen LogP contribution in [-0.4, -0.2) is 29.6 Å². The molecule has 226 valence electrons. The molecule has 7 nitrogen and oxygen atoms in total. The van der Waals surface area contributed by atoms with Crippen molar-refractivity contribution in [1.29, 1.82) is 0 Å². The van der Waals surface area contributed by atoms with Crippen LogP contribution in [-0.2, 0) is 9.59 Å². The number of carbonyl (C=O) groups is 3. The van der Waals surface area contributed by atoms with Crippen LogP contribution in [0.15, 0.2) is 108 Å². The van der Waals surface area contributed by atoms with Crippen molar-refractivity contribution in [1.82, 2.24) is 5.32 Å². The number of amides is 3. The molecule has 1 unspecified atom stereocenters. The molecule has 0 heterocycles. The largest absolute Gasteiger partial charge is 0.494 e. The lowest BCUT2D eigenvalue weighted by atomic mass is 10.1. The quantitative estimate of drug-likeness (QED) is 0.109. The molecule has 4 aromatic rings. The smallest absolute Gasteiger partial charge is 0.272 e. The van der Waals surface area contributed by atoms with Gasteiger partial charge in [-0.05, 0) is 92.1 Å². The maximum Gasteiger partial charge on any atom is 0.272 e. The molecule has 0 spiro atoms. The first kappa shape index (κ1) is 32.4. The van der Waals surface area contributed by atoms with Crippen molar-refractivity contribution in [2.75, 3.05) is 17.2 Å². The summed E-state index contributed by atoms with van der Waals surface area (Å²) < 4.78 is 5.51. The van der Waals surface area contributed by atoms with Crippen molar-refractivity contribution in [3.05, 3.63) is 124 Å². The Morgan fingerprint density at radius 2 is 1.64 bits per heavy atom. The molecule has 4 rings (SSSR count). The molecular formula is C35H34ClN3O4S. The van der Waals surface area contributed by atoms with Crippen molar-refractivity contribution in [3.63, 3.8) is 0 Å². The minimum Gasteiger partial charge on any atom is -0.494 e. The zero-order chi connectivity index (χ0) is 31.5. The highest BCUT2D eigenvalue weighted by Gasteiger charge is 2.20. The van der Waals surface area contributed by atoms with E-state index in [1.165, 1.54) is 11.8 Å². The molecule has 1 atom stereocenters. The fourth-order valence-corrected chi connectivity index (χ4v) is 5.40. The lowest BCUT2D eigenvalue weighted by Gasteiger charge is -2.17. The first-order valence-corrected chi connectivity index (χ1v) is 15.5. The third-order valence-corrected chi connectivity index (χ3v) is 8.11. The molecule has 3 N–H and O–H groups in total. The molecule has 9 heteroatoms. The van der Waals surface area contributed by atoms with Crippen LogP contribution >= 0.6 is 23.4 Å². The molecule has 44 heavy (non-hydrogen) atoms. The predicted molar refractivity (Wildman–Crippen MR) is 179 cm³/mol. The van der Waals surface area contributed by atoms with E-state index >= 15 is 0 Å². The molecule has 0 bridgehead atoms. The van der Waals surface area contributed by atoms with E-state index < -0.39 is 11.8 Å². The van der Waals surface area contributed by atoms with Gasteiger partial charge in [-0.15, -0.1) is 11.8 Å². The van der Waals surface area contributed by atoms with Crippen LogP contribution < -0.4 is 20.7 Å². The monoisotopic (exact) mass is 627 g/mol. The Morgan fingerprint density at radius 3 is 2.34 bits per heavy atom. The van der Waals surface area contributed by atoms with Gasteiger partial charge in [-0.1, -0.05) is 61.0 Å². The number of aryl methyl sites for hydroxylation is 1. The third kappa shape index (κ3) is 9.23. The molecule has 0 saturated heterocycles. The topological polar surface area (TPSA) is 96.5 Å². The molecule has 0 aromatic heterocycles. The maximum absolute atomic E-state index is 13.5. The zero-order valence-electron chi connectivity index (χ0n) is 24.7. The van der Waals surface area contributed by atoms with Crippen molar-refractivity contribution < 1.29 is 19.1 Å². The van der Waals surface area contributed by atoms with E-state index in [1.54, 1.807) is 66.7 Å². The highest BCUT2D eigenvalue weighted by atomic mass is 35.5. The Labute approximate surface area is 267 Å². The van der Waals surface area contributed by atoms with Gasteiger partial charge in [0.25, 0.3) is 11.8 Å². The highest BCUT2D eigenvalue weighted by Crippen LogP contribution is 2.30. The molecule has 0 fully saturated rings. The maximum atomic E-state index is 13.5. The summed E-state index contributed by atoms with van der Waals surface area (Å²) in [5.74, 6) is -0.331. The van der Waals surface area contributed by atoms with Gasteiger partial charge in [-0.25, -0.2) is 0 Å². The van der Waals surface area contributed by atoms with E-state index in [0.717, 1.165) is 10.5 Å². The van der Waals surface area contributed by atoms with Gasteiger partial charge in [0, 0.05) is 26.9 Å². The van der Waals surface area contributed by atoms with Crippen LogP contribution in [0.5, 0.6) is 5.75 Å². The van der Waals surface area contributed by atoms with Gasteiger partial charge in [-0.2, -0.15) is 0 Å². The van der Waals surface area contributed by atoms with Crippen molar-refractivity contribution >= 4 is 58.5 Å². The van der Waals surface area contributed by atoms with Gasteiger partial charge in [-0.3, -0.25) is 14.4 Å². The second kappa shape index (κ2) is 15.8. The minimum absolute atomic E-state index is 0.0729. The Balaban J connectivity index is 1.51. The van der Waals surface area contributed by atoms with Crippen LogP contribution in [0.3, 0.4) is 0 Å². The summed E-state index contributed by atoms with van der Waals surface area (Å²) in [5, 5.41) is 8.80. The number of nitrogens with one attached hydrogen (secondary N) is 3. The van der Waals surface area contributed by atoms with Crippen LogP contribution in [0.2, 0.25) is 5.02 Å². The average molecular weight is 628 g/mol. The van der Waals surface area contributed by atoms with E-state index in [1.807, 2.05) is 57.2 Å².